The number of nitrogens with zero attached hydrogens (tertiary/aromatic N) is 3. The van der Waals surface area contributed by atoms with Crippen molar-refractivity contribution < 1.29 is 4.74 Å². The fourth-order valence-corrected chi connectivity index (χ4v) is 2.80. The maximum Gasteiger partial charge on any atom is 0.268 e. The maximum absolute atomic E-state index is 12.1. The average Bonchev–Trinajstić information content (AvgIpc) is 2.78. The molecule has 1 aromatic heterocycles. The van der Waals surface area contributed by atoms with Gasteiger partial charge in [-0.2, -0.15) is 10.5 Å². The molecule has 0 saturated carbocycles. The molecule has 5 nitrogen and oxygen atoms in total. The molecule has 0 aliphatic heterocycles. The summed E-state index contributed by atoms with van der Waals surface area (Å²) in [6.45, 7) is 0. The molecule has 0 aliphatic carbocycles. The minimum Gasteiger partial charge on any atom is -0.497 e. The first-order valence-electron chi connectivity index (χ1n) is 5.97. The summed E-state index contributed by atoms with van der Waals surface area (Å²) in [4.78, 5) is 12.1. The van der Waals surface area contributed by atoms with E-state index in [2.05, 4.69) is 0 Å². The van der Waals surface area contributed by atoms with Gasteiger partial charge in [0, 0.05) is 7.05 Å². The predicted octanol–water partition coefficient (Wildman–Crippen LogP) is 0.482. The zero-order chi connectivity index (χ0) is 15.4. The fraction of sp³-hybridized carbons (Fsp3) is 0.133. The summed E-state index contributed by atoms with van der Waals surface area (Å²) < 4.78 is 7.23. The van der Waals surface area contributed by atoms with Crippen LogP contribution in [0.25, 0.3) is 11.6 Å². The van der Waals surface area contributed by atoms with Gasteiger partial charge < -0.3 is 9.30 Å². The van der Waals surface area contributed by atoms with Crippen molar-refractivity contribution in [2.45, 2.75) is 0 Å². The van der Waals surface area contributed by atoms with Crippen LogP contribution in [0.3, 0.4) is 0 Å². The molecule has 1 heterocycles. The van der Waals surface area contributed by atoms with Crippen LogP contribution in [0.4, 0.5) is 0 Å². The highest BCUT2D eigenvalue weighted by Crippen LogP contribution is 2.11. The number of methoxy groups -OCH3 is 1. The Morgan fingerprint density at radius 1 is 1.29 bits per heavy atom. The molecule has 0 radical (unpaired) electrons. The standard InChI is InChI=1S/C15H11N3O2S/c1-18-14(19)13(21-15(18)11(8-16)9-17)7-10-3-5-12(20-2)6-4-10/h3-7H,1-2H3/b13-7+. The molecular formula is C15H11N3O2S. The molecule has 0 spiro atoms. The number of aromatic nitrogens is 1. The lowest BCUT2D eigenvalue weighted by atomic mass is 10.2. The van der Waals surface area contributed by atoms with E-state index in [9.17, 15) is 4.79 Å². The van der Waals surface area contributed by atoms with E-state index in [-0.39, 0.29) is 11.1 Å². The monoisotopic (exact) mass is 297 g/mol. The van der Waals surface area contributed by atoms with Gasteiger partial charge >= 0.3 is 0 Å². The third-order valence-corrected chi connectivity index (χ3v) is 4.06. The summed E-state index contributed by atoms with van der Waals surface area (Å²) in [5.41, 5.74) is 0.555. The van der Waals surface area contributed by atoms with Gasteiger partial charge in [-0.3, -0.25) is 4.79 Å². The van der Waals surface area contributed by atoms with E-state index in [1.54, 1.807) is 44.5 Å². The van der Waals surface area contributed by atoms with Crippen molar-refractivity contribution in [3.63, 3.8) is 0 Å². The van der Waals surface area contributed by atoms with Gasteiger partial charge in [-0.1, -0.05) is 12.1 Å². The van der Waals surface area contributed by atoms with E-state index in [0.29, 0.717) is 9.20 Å². The van der Waals surface area contributed by atoms with E-state index in [0.717, 1.165) is 22.6 Å². The Hall–Kier alpha value is -2.83. The van der Waals surface area contributed by atoms with Crippen molar-refractivity contribution in [1.29, 1.82) is 10.5 Å². The molecule has 104 valence electrons. The van der Waals surface area contributed by atoms with Crippen molar-refractivity contribution in [2.24, 2.45) is 7.05 Å². The van der Waals surface area contributed by atoms with Gasteiger partial charge in [-0.15, -0.1) is 11.3 Å². The SMILES string of the molecule is COc1ccc(/C=c2/sc(=C(C#N)C#N)n(C)c2=O)cc1. The minimum atomic E-state index is -0.228. The summed E-state index contributed by atoms with van der Waals surface area (Å²) in [7, 11) is 3.13. The molecule has 0 unspecified atom stereocenters. The smallest absolute Gasteiger partial charge is 0.268 e. The van der Waals surface area contributed by atoms with Crippen LogP contribution in [0, 0.1) is 22.7 Å². The number of rotatable bonds is 2. The largest absolute Gasteiger partial charge is 0.497 e. The Kier molecular flexibility index (Phi) is 4.22. The van der Waals surface area contributed by atoms with Crippen molar-refractivity contribution in [3.05, 3.63) is 49.4 Å². The lowest BCUT2D eigenvalue weighted by Crippen LogP contribution is -2.29. The van der Waals surface area contributed by atoms with E-state index in [1.165, 1.54) is 4.57 Å². The molecule has 0 aliphatic rings. The molecule has 6 heteroatoms. The van der Waals surface area contributed by atoms with Crippen molar-refractivity contribution >= 4 is 23.0 Å². The summed E-state index contributed by atoms with van der Waals surface area (Å²) in [6.07, 6.45) is 1.72. The highest BCUT2D eigenvalue weighted by molar-refractivity contribution is 7.07. The first-order valence-corrected chi connectivity index (χ1v) is 6.78. The first-order chi connectivity index (χ1) is 10.1. The van der Waals surface area contributed by atoms with Crippen LogP contribution < -0.4 is 19.5 Å². The van der Waals surface area contributed by atoms with E-state index in [1.807, 2.05) is 12.1 Å². The van der Waals surface area contributed by atoms with Gasteiger partial charge in [-0.05, 0) is 23.8 Å². The number of hydrogen-bond donors (Lipinski definition) is 0. The van der Waals surface area contributed by atoms with E-state index in [4.69, 9.17) is 15.3 Å². The number of nitriles is 2. The Morgan fingerprint density at radius 2 is 1.90 bits per heavy atom. The van der Waals surface area contributed by atoms with Crippen LogP contribution >= 0.6 is 11.3 Å². The topological polar surface area (TPSA) is 78.8 Å². The summed E-state index contributed by atoms with van der Waals surface area (Å²) in [5.74, 6) is 0.733. The zero-order valence-corrected chi connectivity index (χ0v) is 12.3. The Morgan fingerprint density at radius 3 is 2.43 bits per heavy atom. The molecule has 21 heavy (non-hydrogen) atoms. The molecule has 0 saturated heterocycles. The van der Waals surface area contributed by atoms with Gasteiger partial charge in [0.15, 0.2) is 5.57 Å². The van der Waals surface area contributed by atoms with Gasteiger partial charge in [0.2, 0.25) is 0 Å². The number of ether oxygens (including phenoxy) is 1. The fourth-order valence-electron chi connectivity index (χ4n) is 1.76. The van der Waals surface area contributed by atoms with Gasteiger partial charge in [0.1, 0.15) is 22.6 Å². The van der Waals surface area contributed by atoms with Crippen LogP contribution in [0.1, 0.15) is 5.56 Å². The highest BCUT2D eigenvalue weighted by Gasteiger charge is 2.05. The average molecular weight is 297 g/mol. The molecule has 0 atom stereocenters. The van der Waals surface area contributed by atoms with Crippen molar-refractivity contribution in [3.8, 4) is 17.9 Å². The molecule has 2 aromatic rings. The van der Waals surface area contributed by atoms with Crippen LogP contribution in [0.5, 0.6) is 5.75 Å². The summed E-state index contributed by atoms with van der Waals surface area (Å²) in [5, 5.41) is 17.8. The lowest BCUT2D eigenvalue weighted by molar-refractivity contribution is 0.415. The summed E-state index contributed by atoms with van der Waals surface area (Å²) in [6, 6.07) is 10.9. The zero-order valence-electron chi connectivity index (χ0n) is 11.5. The van der Waals surface area contributed by atoms with Crippen LogP contribution in [0.2, 0.25) is 0 Å². The Labute approximate surface area is 124 Å². The maximum atomic E-state index is 12.1. The highest BCUT2D eigenvalue weighted by atomic mass is 32.1. The second-order valence-corrected chi connectivity index (χ2v) is 5.18. The number of thiazole rings is 1. The summed E-state index contributed by atoms with van der Waals surface area (Å²) >= 11 is 1.13. The van der Waals surface area contributed by atoms with Gasteiger partial charge in [0.25, 0.3) is 5.56 Å². The van der Waals surface area contributed by atoms with Crippen LogP contribution in [-0.4, -0.2) is 11.7 Å². The minimum absolute atomic E-state index is 0.0611. The van der Waals surface area contributed by atoms with Crippen molar-refractivity contribution in [2.75, 3.05) is 7.11 Å². The molecule has 0 amide bonds. The first kappa shape index (κ1) is 14.6. The number of hydrogen-bond acceptors (Lipinski definition) is 5. The second kappa shape index (κ2) is 6.08. The molecule has 1 aromatic carbocycles. The van der Waals surface area contributed by atoms with Gasteiger partial charge in [-0.25, -0.2) is 0 Å². The van der Waals surface area contributed by atoms with E-state index < -0.39 is 0 Å². The Bertz CT molecular complexity index is 906. The van der Waals surface area contributed by atoms with Crippen LogP contribution in [0.15, 0.2) is 29.1 Å². The third kappa shape index (κ3) is 2.86. The van der Waals surface area contributed by atoms with E-state index >= 15 is 0 Å². The second-order valence-electron chi connectivity index (χ2n) is 4.15. The number of benzene rings is 1. The normalized spacial score (nSPS) is 10.8. The lowest BCUT2D eigenvalue weighted by Gasteiger charge is -1.98. The molecule has 0 fully saturated rings. The molecule has 0 N–H and O–H groups in total. The van der Waals surface area contributed by atoms with Gasteiger partial charge in [0.05, 0.1) is 11.6 Å². The third-order valence-electron chi connectivity index (χ3n) is 2.88. The molecular weight excluding hydrogens is 286 g/mol. The van der Waals surface area contributed by atoms with Crippen molar-refractivity contribution in [1.82, 2.24) is 4.57 Å². The predicted molar refractivity (Wildman–Crippen MR) is 80.0 cm³/mol. The van der Waals surface area contributed by atoms with Crippen LogP contribution in [-0.2, 0) is 7.05 Å². The Balaban J connectivity index is 2.66. The quantitative estimate of drug-likeness (QED) is 0.807. The molecule has 0 bridgehead atoms. The molecule has 2 rings (SSSR count).